The molecule has 1 aromatic heterocycles. The van der Waals surface area contributed by atoms with Gasteiger partial charge in [-0.1, -0.05) is 60.8 Å². The van der Waals surface area contributed by atoms with Gasteiger partial charge in [0.05, 0.1) is 17.0 Å². The van der Waals surface area contributed by atoms with Crippen molar-refractivity contribution >= 4 is 46.0 Å². The van der Waals surface area contributed by atoms with Gasteiger partial charge in [0.2, 0.25) is 0 Å². The molecule has 42 heavy (non-hydrogen) atoms. The number of nitrogens with zero attached hydrogens (tertiary/aromatic N) is 1. The molecular weight excluding hydrogens is 592 g/mol. The molecule has 0 saturated heterocycles. The van der Waals surface area contributed by atoms with Crippen LogP contribution >= 0.6 is 23.2 Å². The molecule has 4 aromatic rings. The van der Waals surface area contributed by atoms with Gasteiger partial charge in [-0.3, -0.25) is 9.59 Å². The van der Waals surface area contributed by atoms with Crippen molar-refractivity contribution in [2.24, 2.45) is 7.05 Å². The van der Waals surface area contributed by atoms with Crippen LogP contribution in [0.3, 0.4) is 0 Å². The predicted octanol–water partition coefficient (Wildman–Crippen LogP) is 8.30. The number of fused-ring (bicyclic) bond motifs is 1. The van der Waals surface area contributed by atoms with Crippen molar-refractivity contribution in [2.45, 2.75) is 44.4 Å². The Labute approximate surface area is 251 Å². The fourth-order valence-electron chi connectivity index (χ4n) is 5.34. The fraction of sp³-hybridized carbons (Fsp3) is 0.290. The Morgan fingerprint density at radius 3 is 2.26 bits per heavy atom. The minimum Gasteiger partial charge on any atom is -0.481 e. The first-order valence-corrected chi connectivity index (χ1v) is 14.0. The number of alkyl halides is 3. The van der Waals surface area contributed by atoms with Gasteiger partial charge in [0, 0.05) is 41.7 Å². The average molecular weight is 621 g/mol. The second-order valence-corrected chi connectivity index (χ2v) is 10.8. The highest BCUT2D eigenvalue weighted by molar-refractivity contribution is 6.38. The summed E-state index contributed by atoms with van der Waals surface area (Å²) < 4.78 is 44.6. The van der Waals surface area contributed by atoms with Crippen molar-refractivity contribution in [3.8, 4) is 5.75 Å². The SMILES string of the molecule is CCCC(c1ccc(C(=O)NCCC(=O)O)cc1)C(c1ccc(OC(F)(F)F)cc1)c1cn(C)c2c(Cl)cc(Cl)cc12. The van der Waals surface area contributed by atoms with Gasteiger partial charge in [-0.05, 0) is 65.4 Å². The van der Waals surface area contributed by atoms with E-state index in [1.807, 2.05) is 42.9 Å². The number of carbonyl (C=O) groups is 2. The summed E-state index contributed by atoms with van der Waals surface area (Å²) in [5, 5.41) is 13.2. The molecule has 0 saturated carbocycles. The van der Waals surface area contributed by atoms with Gasteiger partial charge in [0.15, 0.2) is 0 Å². The Balaban J connectivity index is 1.80. The fourth-order valence-corrected chi connectivity index (χ4v) is 5.97. The zero-order valence-electron chi connectivity index (χ0n) is 22.8. The zero-order chi connectivity index (χ0) is 30.6. The number of carboxylic acid groups (broad SMARTS) is 1. The van der Waals surface area contributed by atoms with Gasteiger partial charge in [0.1, 0.15) is 5.75 Å². The second-order valence-electron chi connectivity index (χ2n) is 9.99. The van der Waals surface area contributed by atoms with Crippen molar-refractivity contribution in [1.82, 2.24) is 9.88 Å². The molecule has 3 aromatic carbocycles. The number of benzene rings is 3. The topological polar surface area (TPSA) is 80.6 Å². The Kier molecular flexibility index (Phi) is 9.74. The predicted molar refractivity (Wildman–Crippen MR) is 157 cm³/mol. The van der Waals surface area contributed by atoms with Crippen LogP contribution in [0.25, 0.3) is 10.9 Å². The number of carbonyl (C=O) groups excluding carboxylic acids is 1. The van der Waals surface area contributed by atoms with E-state index in [0.29, 0.717) is 15.6 Å². The molecule has 0 radical (unpaired) electrons. The van der Waals surface area contributed by atoms with Crippen LogP contribution in [-0.4, -0.2) is 34.5 Å². The first kappa shape index (κ1) is 31.3. The van der Waals surface area contributed by atoms with Gasteiger partial charge in [-0.15, -0.1) is 13.2 Å². The van der Waals surface area contributed by atoms with E-state index < -0.39 is 12.3 Å². The van der Waals surface area contributed by atoms with Crippen molar-refractivity contribution in [3.63, 3.8) is 0 Å². The Morgan fingerprint density at radius 2 is 1.67 bits per heavy atom. The van der Waals surface area contributed by atoms with Gasteiger partial charge < -0.3 is 19.7 Å². The Bertz CT molecular complexity index is 1570. The normalized spacial score (nSPS) is 13.1. The molecule has 0 fully saturated rings. The summed E-state index contributed by atoms with van der Waals surface area (Å²) >= 11 is 13.0. The number of amides is 1. The molecule has 0 spiro atoms. The van der Waals surface area contributed by atoms with E-state index in [9.17, 15) is 22.8 Å². The van der Waals surface area contributed by atoms with E-state index in [-0.39, 0.29) is 36.5 Å². The number of rotatable bonds is 11. The number of aromatic nitrogens is 1. The Morgan fingerprint density at radius 1 is 1.02 bits per heavy atom. The quantitative estimate of drug-likeness (QED) is 0.177. The third-order valence-electron chi connectivity index (χ3n) is 7.06. The highest BCUT2D eigenvalue weighted by Gasteiger charge is 2.32. The van der Waals surface area contributed by atoms with E-state index in [4.69, 9.17) is 28.3 Å². The summed E-state index contributed by atoms with van der Waals surface area (Å²) in [4.78, 5) is 23.3. The number of carboxylic acids is 1. The molecule has 222 valence electrons. The largest absolute Gasteiger partial charge is 0.573 e. The molecule has 0 bridgehead atoms. The molecule has 0 aliphatic carbocycles. The smallest absolute Gasteiger partial charge is 0.481 e. The number of halogens is 5. The molecule has 0 aliphatic rings. The lowest BCUT2D eigenvalue weighted by Gasteiger charge is -2.29. The van der Waals surface area contributed by atoms with Crippen molar-refractivity contribution in [1.29, 1.82) is 0 Å². The van der Waals surface area contributed by atoms with E-state index in [1.165, 1.54) is 12.1 Å². The molecule has 0 aliphatic heterocycles. The standard InChI is InChI=1S/C31H29Cl2F3N2O4/c1-3-4-23(18-5-7-20(8-6-18)30(41)37-14-13-27(39)40)28(19-9-11-22(12-10-19)42-31(34,35)36)25-17-38(2)29-24(25)15-21(32)16-26(29)33/h5-12,15-17,23,28H,3-4,13-14H2,1-2H3,(H,37,41)(H,39,40). The molecule has 1 heterocycles. The molecule has 2 atom stereocenters. The van der Waals surface area contributed by atoms with Gasteiger partial charge in [-0.2, -0.15) is 0 Å². The minimum atomic E-state index is -4.81. The first-order chi connectivity index (χ1) is 19.9. The zero-order valence-corrected chi connectivity index (χ0v) is 24.4. The summed E-state index contributed by atoms with van der Waals surface area (Å²) in [6, 6.07) is 16.4. The van der Waals surface area contributed by atoms with Crippen LogP contribution in [0.2, 0.25) is 10.0 Å². The van der Waals surface area contributed by atoms with Gasteiger partial charge in [-0.25, -0.2) is 0 Å². The monoisotopic (exact) mass is 620 g/mol. The Hall–Kier alpha value is -3.69. The van der Waals surface area contributed by atoms with E-state index in [1.54, 1.807) is 30.3 Å². The average Bonchev–Trinajstić information content (AvgIpc) is 3.24. The van der Waals surface area contributed by atoms with E-state index in [2.05, 4.69) is 10.1 Å². The van der Waals surface area contributed by atoms with Crippen LogP contribution in [0, 0.1) is 0 Å². The number of aliphatic carboxylic acids is 1. The molecule has 4 rings (SSSR count). The van der Waals surface area contributed by atoms with Crippen molar-refractivity contribution in [2.75, 3.05) is 6.54 Å². The minimum absolute atomic E-state index is 0.0106. The molecule has 2 N–H and O–H groups in total. The third-order valence-corrected chi connectivity index (χ3v) is 7.57. The van der Waals surface area contributed by atoms with Crippen LogP contribution in [-0.2, 0) is 11.8 Å². The maximum Gasteiger partial charge on any atom is 0.573 e. The lowest BCUT2D eigenvalue weighted by molar-refractivity contribution is -0.274. The third kappa shape index (κ3) is 7.38. The van der Waals surface area contributed by atoms with Gasteiger partial charge >= 0.3 is 12.3 Å². The highest BCUT2D eigenvalue weighted by atomic mass is 35.5. The van der Waals surface area contributed by atoms with Crippen LogP contribution < -0.4 is 10.1 Å². The van der Waals surface area contributed by atoms with Crippen LogP contribution in [0.5, 0.6) is 5.75 Å². The molecule has 1 amide bonds. The number of ether oxygens (including phenoxy) is 1. The van der Waals surface area contributed by atoms with Gasteiger partial charge in [0.25, 0.3) is 5.91 Å². The van der Waals surface area contributed by atoms with Crippen molar-refractivity contribution < 1.29 is 32.6 Å². The van der Waals surface area contributed by atoms with Crippen LogP contribution in [0.15, 0.2) is 66.9 Å². The highest BCUT2D eigenvalue weighted by Crippen LogP contribution is 2.46. The maximum atomic E-state index is 12.9. The number of aryl methyl sites for hydroxylation is 1. The van der Waals surface area contributed by atoms with Crippen molar-refractivity contribution in [3.05, 3.63) is 99.2 Å². The van der Waals surface area contributed by atoms with Crippen LogP contribution in [0.4, 0.5) is 13.2 Å². The van der Waals surface area contributed by atoms with E-state index in [0.717, 1.165) is 40.4 Å². The summed E-state index contributed by atoms with van der Waals surface area (Å²) in [5.74, 6) is -2.17. The lowest BCUT2D eigenvalue weighted by Crippen LogP contribution is -2.26. The maximum absolute atomic E-state index is 12.9. The molecule has 2 unspecified atom stereocenters. The summed E-state index contributed by atoms with van der Waals surface area (Å²) in [6.07, 6.45) is -1.50. The summed E-state index contributed by atoms with van der Waals surface area (Å²) in [7, 11) is 1.87. The molecule has 6 nitrogen and oxygen atoms in total. The molecular formula is C31H29Cl2F3N2O4. The first-order valence-electron chi connectivity index (χ1n) is 13.3. The summed E-state index contributed by atoms with van der Waals surface area (Å²) in [5.41, 5.74) is 3.75. The number of hydrogen-bond acceptors (Lipinski definition) is 3. The lowest BCUT2D eigenvalue weighted by atomic mass is 9.75. The number of nitrogens with one attached hydrogen (secondary N) is 1. The van der Waals surface area contributed by atoms with Crippen LogP contribution in [0.1, 0.15) is 65.1 Å². The second kappa shape index (κ2) is 13.1. The number of hydrogen-bond donors (Lipinski definition) is 2. The molecule has 11 heteroatoms. The summed E-state index contributed by atoms with van der Waals surface area (Å²) in [6.45, 7) is 2.06. The van der Waals surface area contributed by atoms with E-state index >= 15 is 0 Å².